The van der Waals surface area contributed by atoms with Crippen LogP contribution in [-0.4, -0.2) is 16.6 Å². The number of rotatable bonds is 9. The van der Waals surface area contributed by atoms with Crippen LogP contribution >= 0.6 is 0 Å². The van der Waals surface area contributed by atoms with Crippen molar-refractivity contribution in [2.45, 2.75) is 77.0 Å². The number of unbranched alkanes of at least 4 members (excludes halogenated alkanes) is 1. The Morgan fingerprint density at radius 1 is 0.914 bits per heavy atom. The molecule has 35 heavy (non-hydrogen) atoms. The first-order chi connectivity index (χ1) is 17.1. The summed E-state index contributed by atoms with van der Waals surface area (Å²) in [5.74, 6) is 1.65. The lowest BCUT2D eigenvalue weighted by Crippen LogP contribution is -2.25. The van der Waals surface area contributed by atoms with Crippen molar-refractivity contribution >= 4 is 0 Å². The van der Waals surface area contributed by atoms with E-state index in [-0.39, 0.29) is 17.9 Å². The highest BCUT2D eigenvalue weighted by atomic mass is 19.2. The van der Waals surface area contributed by atoms with Crippen LogP contribution in [0.25, 0.3) is 11.1 Å². The molecule has 0 aliphatic heterocycles. The Labute approximate surface area is 208 Å². The first-order valence-electron chi connectivity index (χ1n) is 13.3. The molecular weight excluding hydrogens is 442 g/mol. The summed E-state index contributed by atoms with van der Waals surface area (Å²) in [6.45, 7) is 5.81. The summed E-state index contributed by atoms with van der Waals surface area (Å²) in [4.78, 5) is 9.10. The average molecular weight is 481 g/mol. The Balaban J connectivity index is 1.28. The highest BCUT2D eigenvalue weighted by Crippen LogP contribution is 2.43. The fraction of sp³-hybridized carbons (Fsp3) is 0.533. The summed E-state index contributed by atoms with van der Waals surface area (Å²) in [5.41, 5.74) is 0.643. The molecule has 2 fully saturated rings. The van der Waals surface area contributed by atoms with E-state index in [0.29, 0.717) is 11.5 Å². The third-order valence-electron chi connectivity index (χ3n) is 7.90. The van der Waals surface area contributed by atoms with Crippen LogP contribution in [0.5, 0.6) is 5.75 Å². The van der Waals surface area contributed by atoms with Crippen LogP contribution in [0.2, 0.25) is 0 Å². The average Bonchev–Trinajstić information content (AvgIpc) is 2.90. The fourth-order valence-corrected chi connectivity index (χ4v) is 5.87. The van der Waals surface area contributed by atoms with Gasteiger partial charge in [-0.05, 0) is 101 Å². The molecule has 2 aliphatic carbocycles. The van der Waals surface area contributed by atoms with E-state index < -0.39 is 11.6 Å². The molecule has 2 aliphatic rings. The molecule has 0 N–H and O–H groups in total. The predicted octanol–water partition coefficient (Wildman–Crippen LogP) is 8.42. The maximum absolute atomic E-state index is 14.5. The van der Waals surface area contributed by atoms with Crippen molar-refractivity contribution < 1.29 is 13.5 Å². The smallest absolute Gasteiger partial charge is 0.201 e. The van der Waals surface area contributed by atoms with Gasteiger partial charge in [0, 0.05) is 29.4 Å². The van der Waals surface area contributed by atoms with Crippen molar-refractivity contribution in [3.05, 3.63) is 66.8 Å². The Bertz CT molecular complexity index is 988. The van der Waals surface area contributed by atoms with E-state index in [4.69, 9.17) is 4.74 Å². The van der Waals surface area contributed by atoms with Crippen molar-refractivity contribution in [3.63, 3.8) is 0 Å². The van der Waals surface area contributed by atoms with E-state index in [1.165, 1.54) is 50.7 Å². The van der Waals surface area contributed by atoms with Gasteiger partial charge < -0.3 is 4.74 Å². The highest BCUT2D eigenvalue weighted by Gasteiger charge is 2.31. The van der Waals surface area contributed by atoms with Crippen molar-refractivity contribution in [2.75, 3.05) is 6.61 Å². The Hall–Kier alpha value is -2.56. The van der Waals surface area contributed by atoms with Crippen LogP contribution in [-0.2, 0) is 0 Å². The van der Waals surface area contributed by atoms with Gasteiger partial charge in [-0.1, -0.05) is 18.2 Å². The zero-order valence-corrected chi connectivity index (χ0v) is 20.9. The molecule has 0 saturated heterocycles. The minimum atomic E-state index is -0.968. The normalized spacial score (nSPS) is 25.0. The monoisotopic (exact) mass is 480 g/mol. The summed E-state index contributed by atoms with van der Waals surface area (Å²) in [5, 5.41) is 0. The van der Waals surface area contributed by atoms with Gasteiger partial charge in [-0.15, -0.1) is 6.58 Å². The zero-order chi connectivity index (χ0) is 24.6. The third-order valence-corrected chi connectivity index (χ3v) is 7.90. The van der Waals surface area contributed by atoms with Gasteiger partial charge in [-0.3, -0.25) is 0 Å². The molecule has 3 nitrogen and oxygen atoms in total. The van der Waals surface area contributed by atoms with E-state index in [1.807, 2.05) is 6.08 Å². The van der Waals surface area contributed by atoms with Gasteiger partial charge in [0.1, 0.15) is 5.82 Å². The van der Waals surface area contributed by atoms with Gasteiger partial charge in [-0.25, -0.2) is 14.4 Å². The van der Waals surface area contributed by atoms with Crippen molar-refractivity contribution in [1.82, 2.24) is 9.97 Å². The maximum atomic E-state index is 14.5. The molecule has 1 aromatic carbocycles. The topological polar surface area (TPSA) is 35.0 Å². The van der Waals surface area contributed by atoms with E-state index in [9.17, 15) is 8.78 Å². The molecule has 2 saturated carbocycles. The van der Waals surface area contributed by atoms with Gasteiger partial charge >= 0.3 is 0 Å². The van der Waals surface area contributed by atoms with Crippen molar-refractivity contribution in [3.8, 4) is 16.9 Å². The van der Waals surface area contributed by atoms with Gasteiger partial charge in [0.2, 0.25) is 5.82 Å². The van der Waals surface area contributed by atoms with E-state index in [1.54, 1.807) is 19.3 Å². The molecule has 2 aromatic rings. The van der Waals surface area contributed by atoms with Crippen molar-refractivity contribution in [2.24, 2.45) is 17.8 Å². The van der Waals surface area contributed by atoms with Gasteiger partial charge in [0.05, 0.1) is 6.61 Å². The standard InChI is InChI=1S/C30H38F2N2O/c1-3-5-6-7-8-21-9-11-22(12-10-21)23-13-15-24(16-14-23)30-33-19-25(20-34-30)26-17-18-27(35-4-2)29(32)28(26)31/h3,7-8,17-24H,1,4-6,9-16H2,2H3/b8-7+. The summed E-state index contributed by atoms with van der Waals surface area (Å²) < 4.78 is 33.9. The Morgan fingerprint density at radius 3 is 2.20 bits per heavy atom. The lowest BCUT2D eigenvalue weighted by Gasteiger charge is -2.37. The highest BCUT2D eigenvalue weighted by molar-refractivity contribution is 5.63. The number of hydrogen-bond acceptors (Lipinski definition) is 3. The molecule has 0 atom stereocenters. The Kier molecular flexibility index (Phi) is 9.06. The first kappa shape index (κ1) is 25.5. The summed E-state index contributed by atoms with van der Waals surface area (Å²) in [7, 11) is 0. The van der Waals surface area contributed by atoms with Crippen LogP contribution in [0, 0.1) is 29.4 Å². The van der Waals surface area contributed by atoms with Crippen LogP contribution in [0.1, 0.15) is 82.9 Å². The number of nitrogens with zero attached hydrogens (tertiary/aromatic N) is 2. The van der Waals surface area contributed by atoms with Gasteiger partial charge in [-0.2, -0.15) is 4.39 Å². The first-order valence-corrected chi connectivity index (χ1v) is 13.3. The largest absolute Gasteiger partial charge is 0.491 e. The molecule has 0 spiro atoms. The molecule has 1 heterocycles. The molecule has 0 amide bonds. The molecule has 188 valence electrons. The summed E-state index contributed by atoms with van der Waals surface area (Å²) in [6, 6.07) is 2.98. The quantitative estimate of drug-likeness (QED) is 0.267. The second-order valence-electron chi connectivity index (χ2n) is 10.1. The predicted molar refractivity (Wildman–Crippen MR) is 137 cm³/mol. The third kappa shape index (κ3) is 6.36. The number of benzene rings is 1. The van der Waals surface area contributed by atoms with Crippen molar-refractivity contribution in [1.29, 1.82) is 0 Å². The molecule has 5 heteroatoms. The molecule has 0 radical (unpaired) electrons. The molecular formula is C30H38F2N2O. The van der Waals surface area contributed by atoms with Crippen LogP contribution < -0.4 is 4.74 Å². The van der Waals surface area contributed by atoms with Gasteiger partial charge in [0.15, 0.2) is 11.6 Å². The van der Waals surface area contributed by atoms with Crippen LogP contribution in [0.3, 0.4) is 0 Å². The van der Waals surface area contributed by atoms with Crippen LogP contribution in [0.15, 0.2) is 49.3 Å². The van der Waals surface area contributed by atoms with E-state index in [2.05, 4.69) is 28.7 Å². The lowest BCUT2D eigenvalue weighted by molar-refractivity contribution is 0.170. The summed E-state index contributed by atoms with van der Waals surface area (Å²) >= 11 is 0. The fourth-order valence-electron chi connectivity index (χ4n) is 5.87. The minimum absolute atomic E-state index is 0.0727. The molecule has 0 unspecified atom stereocenters. The van der Waals surface area contributed by atoms with E-state index in [0.717, 1.165) is 49.3 Å². The SMILES string of the molecule is C=CCC/C=C/C1CCC(C2CCC(c3ncc(-c4ccc(OCC)c(F)c4F)cn3)CC2)CC1. The van der Waals surface area contributed by atoms with Gasteiger partial charge in [0.25, 0.3) is 0 Å². The minimum Gasteiger partial charge on any atom is -0.491 e. The molecule has 1 aromatic heterocycles. The lowest BCUT2D eigenvalue weighted by atomic mass is 9.69. The van der Waals surface area contributed by atoms with E-state index >= 15 is 0 Å². The second kappa shape index (κ2) is 12.4. The number of halogens is 2. The Morgan fingerprint density at radius 2 is 1.57 bits per heavy atom. The number of aromatic nitrogens is 2. The number of ether oxygens (including phenoxy) is 1. The number of hydrogen-bond donors (Lipinski definition) is 0. The summed E-state index contributed by atoms with van der Waals surface area (Å²) in [6.07, 6.45) is 22.2. The molecule has 0 bridgehead atoms. The van der Waals surface area contributed by atoms with Crippen LogP contribution in [0.4, 0.5) is 8.78 Å². The zero-order valence-electron chi connectivity index (χ0n) is 20.9. The molecule has 4 rings (SSSR count). The second-order valence-corrected chi connectivity index (χ2v) is 10.1. The number of allylic oxidation sites excluding steroid dienone is 3. The maximum Gasteiger partial charge on any atom is 0.201 e.